The Hall–Kier alpha value is -0.740. The van der Waals surface area contributed by atoms with Crippen molar-refractivity contribution in [1.29, 1.82) is 0 Å². The molecule has 0 amide bonds. The van der Waals surface area contributed by atoms with Crippen molar-refractivity contribution in [3.8, 4) is 0 Å². The highest BCUT2D eigenvalue weighted by Gasteiger charge is 2.02. The summed E-state index contributed by atoms with van der Waals surface area (Å²) in [6, 6.07) is 14.4. The molecular weight excluding hydrogens is 345 g/mol. The lowest BCUT2D eigenvalue weighted by Gasteiger charge is -2.10. The Morgan fingerprint density at radius 1 is 1.18 bits per heavy atom. The highest BCUT2D eigenvalue weighted by atomic mass is 127. The molecule has 0 aliphatic carbocycles. The van der Waals surface area contributed by atoms with E-state index in [1.54, 1.807) is 0 Å². The Bertz CT molecular complexity index is 525. The van der Waals surface area contributed by atoms with Crippen LogP contribution >= 0.6 is 34.2 Å². The fourth-order valence-electron chi connectivity index (χ4n) is 1.59. The molecule has 1 N–H and O–H groups in total. The monoisotopic (exact) mass is 357 g/mol. The highest BCUT2D eigenvalue weighted by molar-refractivity contribution is 14.1. The molecule has 0 aliphatic rings. The van der Waals surface area contributed by atoms with Gasteiger partial charge >= 0.3 is 0 Å². The van der Waals surface area contributed by atoms with Crippen molar-refractivity contribution in [2.24, 2.45) is 0 Å². The van der Waals surface area contributed by atoms with Gasteiger partial charge in [0.1, 0.15) is 0 Å². The maximum Gasteiger partial charge on any atom is 0.0478 e. The van der Waals surface area contributed by atoms with E-state index >= 15 is 0 Å². The smallest absolute Gasteiger partial charge is 0.0478 e. The second-order valence-electron chi connectivity index (χ2n) is 3.93. The van der Waals surface area contributed by atoms with Crippen LogP contribution in [0.3, 0.4) is 0 Å². The van der Waals surface area contributed by atoms with E-state index in [-0.39, 0.29) is 0 Å². The van der Waals surface area contributed by atoms with E-state index in [9.17, 15) is 0 Å². The molecule has 1 nitrogen and oxygen atoms in total. The lowest BCUT2D eigenvalue weighted by molar-refractivity contribution is 1.14. The van der Waals surface area contributed by atoms with Gasteiger partial charge in [-0.1, -0.05) is 35.9 Å². The molecule has 0 saturated carbocycles. The molecule has 0 saturated heterocycles. The van der Waals surface area contributed by atoms with Crippen LogP contribution in [0.5, 0.6) is 0 Å². The highest BCUT2D eigenvalue weighted by Crippen LogP contribution is 2.21. The Labute approximate surface area is 120 Å². The third-order valence-corrected chi connectivity index (χ3v) is 3.84. The molecule has 0 fully saturated rings. The number of anilines is 1. The van der Waals surface area contributed by atoms with E-state index in [0.717, 1.165) is 22.8 Å². The van der Waals surface area contributed by atoms with E-state index in [1.165, 1.54) is 9.13 Å². The van der Waals surface area contributed by atoms with Gasteiger partial charge in [-0.05, 0) is 58.8 Å². The summed E-state index contributed by atoms with van der Waals surface area (Å²) in [7, 11) is 0. The fourth-order valence-corrected chi connectivity index (χ4v) is 2.47. The number of benzene rings is 2. The van der Waals surface area contributed by atoms with Crippen LogP contribution < -0.4 is 5.32 Å². The second kappa shape index (κ2) is 5.74. The summed E-state index contributed by atoms with van der Waals surface area (Å²) in [5, 5.41) is 4.22. The molecule has 2 aromatic carbocycles. The van der Waals surface area contributed by atoms with Gasteiger partial charge in [0.15, 0.2) is 0 Å². The van der Waals surface area contributed by atoms with Crippen molar-refractivity contribution in [1.82, 2.24) is 0 Å². The van der Waals surface area contributed by atoms with Crippen LogP contribution in [-0.4, -0.2) is 0 Å². The second-order valence-corrected chi connectivity index (χ2v) is 5.50. The first kappa shape index (κ1) is 12.7. The first-order valence-electron chi connectivity index (χ1n) is 5.40. The van der Waals surface area contributed by atoms with Crippen LogP contribution in [0.25, 0.3) is 0 Å². The fraction of sp³-hybridized carbons (Fsp3) is 0.143. The minimum Gasteiger partial charge on any atom is -0.380 e. The van der Waals surface area contributed by atoms with Crippen molar-refractivity contribution in [2.75, 3.05) is 5.32 Å². The van der Waals surface area contributed by atoms with Crippen LogP contribution in [0.15, 0.2) is 42.5 Å². The largest absolute Gasteiger partial charge is 0.380 e. The third kappa shape index (κ3) is 3.36. The Balaban J connectivity index is 2.10. The number of rotatable bonds is 3. The summed E-state index contributed by atoms with van der Waals surface area (Å²) < 4.78 is 1.22. The first-order valence-corrected chi connectivity index (χ1v) is 6.86. The molecule has 0 heterocycles. The van der Waals surface area contributed by atoms with Gasteiger partial charge in [-0.25, -0.2) is 0 Å². The summed E-state index contributed by atoms with van der Waals surface area (Å²) in [4.78, 5) is 0. The maximum absolute atomic E-state index is 6.19. The van der Waals surface area contributed by atoms with Crippen LogP contribution in [0.1, 0.15) is 11.1 Å². The quantitative estimate of drug-likeness (QED) is 0.773. The summed E-state index contributed by atoms with van der Waals surface area (Å²) in [6.45, 7) is 2.79. The Morgan fingerprint density at radius 2 is 1.94 bits per heavy atom. The van der Waals surface area contributed by atoms with E-state index < -0.39 is 0 Å². The lowest BCUT2D eigenvalue weighted by Crippen LogP contribution is -2.01. The SMILES string of the molecule is Cc1ccc(CNc2ccccc2I)c(Cl)c1. The van der Waals surface area contributed by atoms with Crippen molar-refractivity contribution in [3.05, 3.63) is 62.2 Å². The minimum atomic E-state index is 0.749. The van der Waals surface area contributed by atoms with Crippen molar-refractivity contribution >= 4 is 39.9 Å². The van der Waals surface area contributed by atoms with E-state index in [4.69, 9.17) is 11.6 Å². The molecule has 0 aliphatic heterocycles. The maximum atomic E-state index is 6.19. The summed E-state index contributed by atoms with van der Waals surface area (Å²) >= 11 is 8.52. The minimum absolute atomic E-state index is 0.749. The van der Waals surface area contributed by atoms with Gasteiger partial charge in [0.25, 0.3) is 0 Å². The number of hydrogen-bond acceptors (Lipinski definition) is 1. The van der Waals surface area contributed by atoms with Gasteiger partial charge in [0, 0.05) is 20.8 Å². The molecule has 0 atom stereocenters. The topological polar surface area (TPSA) is 12.0 Å². The Kier molecular flexibility index (Phi) is 4.29. The summed E-state index contributed by atoms with van der Waals surface area (Å²) in [6.07, 6.45) is 0. The molecule has 0 aromatic heterocycles. The van der Waals surface area contributed by atoms with Crippen LogP contribution in [0.2, 0.25) is 5.02 Å². The molecule has 0 radical (unpaired) electrons. The zero-order valence-electron chi connectivity index (χ0n) is 9.50. The lowest BCUT2D eigenvalue weighted by atomic mass is 10.1. The molecule has 17 heavy (non-hydrogen) atoms. The summed E-state index contributed by atoms with van der Waals surface area (Å²) in [5.41, 5.74) is 3.45. The number of aryl methyl sites for hydroxylation is 1. The number of para-hydroxylation sites is 1. The van der Waals surface area contributed by atoms with Crippen LogP contribution in [0, 0.1) is 10.5 Å². The summed E-state index contributed by atoms with van der Waals surface area (Å²) in [5.74, 6) is 0. The molecule has 0 bridgehead atoms. The van der Waals surface area contributed by atoms with Crippen LogP contribution in [0.4, 0.5) is 5.69 Å². The van der Waals surface area contributed by atoms with Gasteiger partial charge in [0.2, 0.25) is 0 Å². The molecule has 0 spiro atoms. The molecule has 3 heteroatoms. The molecular formula is C14H13ClIN. The zero-order chi connectivity index (χ0) is 12.3. The molecule has 2 rings (SSSR count). The van der Waals surface area contributed by atoms with E-state index in [0.29, 0.717) is 0 Å². The molecule has 88 valence electrons. The average molecular weight is 358 g/mol. The normalized spacial score (nSPS) is 10.3. The van der Waals surface area contributed by atoms with Crippen molar-refractivity contribution in [3.63, 3.8) is 0 Å². The number of nitrogens with one attached hydrogen (secondary N) is 1. The van der Waals surface area contributed by atoms with Crippen molar-refractivity contribution in [2.45, 2.75) is 13.5 Å². The van der Waals surface area contributed by atoms with Gasteiger partial charge < -0.3 is 5.32 Å². The predicted octanol–water partition coefficient (Wildman–Crippen LogP) is 4.87. The number of hydrogen-bond donors (Lipinski definition) is 1. The third-order valence-electron chi connectivity index (χ3n) is 2.55. The van der Waals surface area contributed by atoms with Gasteiger partial charge in [-0.2, -0.15) is 0 Å². The zero-order valence-corrected chi connectivity index (χ0v) is 12.4. The molecule has 2 aromatic rings. The molecule has 0 unspecified atom stereocenters. The van der Waals surface area contributed by atoms with Gasteiger partial charge in [0.05, 0.1) is 0 Å². The standard InChI is InChI=1S/C14H13ClIN/c1-10-6-7-11(12(15)8-10)9-17-14-5-3-2-4-13(14)16/h2-8,17H,9H2,1H3. The van der Waals surface area contributed by atoms with Crippen molar-refractivity contribution < 1.29 is 0 Å². The van der Waals surface area contributed by atoms with Gasteiger partial charge in [-0.15, -0.1) is 0 Å². The van der Waals surface area contributed by atoms with Gasteiger partial charge in [-0.3, -0.25) is 0 Å². The van der Waals surface area contributed by atoms with Crippen LogP contribution in [-0.2, 0) is 6.54 Å². The predicted molar refractivity (Wildman–Crippen MR) is 82.7 cm³/mol. The first-order chi connectivity index (χ1) is 8.16. The number of halogens is 2. The average Bonchev–Trinajstić information content (AvgIpc) is 2.30. The van der Waals surface area contributed by atoms with E-state index in [2.05, 4.69) is 52.2 Å². The van der Waals surface area contributed by atoms with E-state index in [1.807, 2.05) is 25.1 Å². The Morgan fingerprint density at radius 3 is 2.65 bits per heavy atom.